The van der Waals surface area contributed by atoms with Crippen LogP contribution in [0.5, 0.6) is 0 Å². The first-order valence-electron chi connectivity index (χ1n) is 5.88. The molecule has 2 unspecified atom stereocenters. The van der Waals surface area contributed by atoms with Crippen LogP contribution >= 0.6 is 0 Å². The summed E-state index contributed by atoms with van der Waals surface area (Å²) in [4.78, 5) is 13.7. The SMILES string of the molecule is CC1CN(C(C(N)=O)c2ccccc2)CCO1. The van der Waals surface area contributed by atoms with Crippen LogP contribution in [-0.4, -0.2) is 36.6 Å². The lowest BCUT2D eigenvalue weighted by molar-refractivity contribution is -0.126. The van der Waals surface area contributed by atoms with E-state index in [1.165, 1.54) is 0 Å². The summed E-state index contributed by atoms with van der Waals surface area (Å²) in [6.07, 6.45) is 0.148. The predicted molar refractivity (Wildman–Crippen MR) is 65.4 cm³/mol. The molecular weight excluding hydrogens is 216 g/mol. The minimum Gasteiger partial charge on any atom is -0.376 e. The molecule has 0 aromatic heterocycles. The van der Waals surface area contributed by atoms with Crippen LogP contribution in [0.4, 0.5) is 0 Å². The highest BCUT2D eigenvalue weighted by Gasteiger charge is 2.29. The van der Waals surface area contributed by atoms with E-state index >= 15 is 0 Å². The van der Waals surface area contributed by atoms with Crippen LogP contribution in [0, 0.1) is 0 Å². The number of primary amides is 1. The Hall–Kier alpha value is -1.39. The minimum absolute atomic E-state index is 0.148. The Morgan fingerprint density at radius 2 is 2.18 bits per heavy atom. The van der Waals surface area contributed by atoms with Crippen LogP contribution in [-0.2, 0) is 9.53 Å². The lowest BCUT2D eigenvalue weighted by Crippen LogP contribution is -2.47. The van der Waals surface area contributed by atoms with Gasteiger partial charge in [-0.3, -0.25) is 9.69 Å². The van der Waals surface area contributed by atoms with Gasteiger partial charge in [0.25, 0.3) is 0 Å². The summed E-state index contributed by atoms with van der Waals surface area (Å²) in [6, 6.07) is 9.32. The number of nitrogens with zero attached hydrogens (tertiary/aromatic N) is 1. The summed E-state index contributed by atoms with van der Waals surface area (Å²) in [5.41, 5.74) is 6.48. The van der Waals surface area contributed by atoms with Gasteiger partial charge in [0.2, 0.25) is 5.91 Å². The minimum atomic E-state index is -0.345. The number of ether oxygens (including phenoxy) is 1. The van der Waals surface area contributed by atoms with E-state index in [9.17, 15) is 4.79 Å². The first-order valence-corrected chi connectivity index (χ1v) is 5.88. The van der Waals surface area contributed by atoms with E-state index in [4.69, 9.17) is 10.5 Å². The van der Waals surface area contributed by atoms with E-state index in [1.807, 2.05) is 37.3 Å². The van der Waals surface area contributed by atoms with Gasteiger partial charge in [0.05, 0.1) is 12.7 Å². The van der Waals surface area contributed by atoms with Crippen LogP contribution in [0.15, 0.2) is 30.3 Å². The van der Waals surface area contributed by atoms with Crippen molar-refractivity contribution < 1.29 is 9.53 Å². The molecule has 1 fully saturated rings. The summed E-state index contributed by atoms with van der Waals surface area (Å²) < 4.78 is 5.48. The molecule has 0 saturated carbocycles. The third-order valence-electron chi connectivity index (χ3n) is 3.02. The molecule has 0 spiro atoms. The number of rotatable bonds is 3. The molecule has 17 heavy (non-hydrogen) atoms. The van der Waals surface area contributed by atoms with E-state index in [-0.39, 0.29) is 18.1 Å². The van der Waals surface area contributed by atoms with Crippen molar-refractivity contribution in [1.29, 1.82) is 0 Å². The van der Waals surface area contributed by atoms with E-state index in [0.717, 1.165) is 18.7 Å². The third kappa shape index (κ3) is 2.84. The Kier molecular flexibility index (Phi) is 3.76. The Labute approximate surface area is 101 Å². The van der Waals surface area contributed by atoms with Crippen molar-refractivity contribution in [3.63, 3.8) is 0 Å². The van der Waals surface area contributed by atoms with Gasteiger partial charge >= 0.3 is 0 Å². The topological polar surface area (TPSA) is 55.6 Å². The van der Waals surface area contributed by atoms with E-state index in [2.05, 4.69) is 4.90 Å². The number of benzene rings is 1. The molecule has 1 saturated heterocycles. The molecule has 1 aliphatic rings. The molecule has 0 aliphatic carbocycles. The number of amides is 1. The smallest absolute Gasteiger partial charge is 0.239 e. The van der Waals surface area contributed by atoms with Gasteiger partial charge in [-0.15, -0.1) is 0 Å². The average molecular weight is 234 g/mol. The van der Waals surface area contributed by atoms with E-state index < -0.39 is 0 Å². The molecule has 4 heteroatoms. The molecule has 1 amide bonds. The van der Waals surface area contributed by atoms with Gasteiger partial charge in [0, 0.05) is 13.1 Å². The van der Waals surface area contributed by atoms with Crippen molar-refractivity contribution in [2.45, 2.75) is 19.1 Å². The van der Waals surface area contributed by atoms with Crippen molar-refractivity contribution in [1.82, 2.24) is 4.90 Å². The second-order valence-electron chi connectivity index (χ2n) is 4.39. The summed E-state index contributed by atoms with van der Waals surface area (Å²) in [7, 11) is 0. The fourth-order valence-corrected chi connectivity index (χ4v) is 2.27. The van der Waals surface area contributed by atoms with Crippen LogP contribution in [0.3, 0.4) is 0 Å². The second kappa shape index (κ2) is 5.29. The van der Waals surface area contributed by atoms with E-state index in [0.29, 0.717) is 6.61 Å². The third-order valence-corrected chi connectivity index (χ3v) is 3.02. The van der Waals surface area contributed by atoms with Crippen molar-refractivity contribution in [2.75, 3.05) is 19.7 Å². The number of carbonyl (C=O) groups is 1. The van der Waals surface area contributed by atoms with Crippen LogP contribution < -0.4 is 5.73 Å². The Morgan fingerprint density at radius 1 is 1.47 bits per heavy atom. The Bertz CT molecular complexity index is 380. The highest BCUT2D eigenvalue weighted by atomic mass is 16.5. The lowest BCUT2D eigenvalue weighted by Gasteiger charge is -2.35. The van der Waals surface area contributed by atoms with Crippen molar-refractivity contribution in [3.05, 3.63) is 35.9 Å². The molecule has 0 radical (unpaired) electrons. The van der Waals surface area contributed by atoms with Crippen molar-refractivity contribution in [2.24, 2.45) is 5.73 Å². The fraction of sp³-hybridized carbons (Fsp3) is 0.462. The van der Waals surface area contributed by atoms with Gasteiger partial charge in [-0.2, -0.15) is 0 Å². The molecule has 1 heterocycles. The fourth-order valence-electron chi connectivity index (χ4n) is 2.27. The average Bonchev–Trinajstić information content (AvgIpc) is 2.30. The predicted octanol–water partition coefficient (Wildman–Crippen LogP) is 0.934. The van der Waals surface area contributed by atoms with Crippen LogP contribution in [0.1, 0.15) is 18.5 Å². The van der Waals surface area contributed by atoms with E-state index in [1.54, 1.807) is 0 Å². The maximum Gasteiger partial charge on any atom is 0.239 e. The molecule has 0 bridgehead atoms. The highest BCUT2D eigenvalue weighted by molar-refractivity contribution is 5.81. The maximum atomic E-state index is 11.6. The number of hydrogen-bond acceptors (Lipinski definition) is 3. The zero-order valence-corrected chi connectivity index (χ0v) is 10.0. The number of nitrogens with two attached hydrogens (primary N) is 1. The first kappa shape index (κ1) is 12.1. The molecule has 4 nitrogen and oxygen atoms in total. The summed E-state index contributed by atoms with van der Waals surface area (Å²) in [5, 5.41) is 0. The lowest BCUT2D eigenvalue weighted by atomic mass is 10.0. The first-order chi connectivity index (χ1) is 8.18. The molecule has 1 aliphatic heterocycles. The van der Waals surface area contributed by atoms with Crippen LogP contribution in [0.25, 0.3) is 0 Å². The number of morpholine rings is 1. The zero-order valence-electron chi connectivity index (χ0n) is 10.0. The standard InChI is InChI=1S/C13H18N2O2/c1-10-9-15(7-8-17-10)12(13(14)16)11-5-3-2-4-6-11/h2-6,10,12H,7-9H2,1H3,(H2,14,16). The Morgan fingerprint density at radius 3 is 2.76 bits per heavy atom. The van der Waals surface area contributed by atoms with Gasteiger partial charge in [0.15, 0.2) is 0 Å². The van der Waals surface area contributed by atoms with Gasteiger partial charge in [-0.25, -0.2) is 0 Å². The maximum absolute atomic E-state index is 11.6. The molecule has 2 N–H and O–H groups in total. The monoisotopic (exact) mass is 234 g/mol. The largest absolute Gasteiger partial charge is 0.376 e. The second-order valence-corrected chi connectivity index (χ2v) is 4.39. The summed E-state index contributed by atoms with van der Waals surface area (Å²) >= 11 is 0. The normalized spacial score (nSPS) is 23.2. The Balaban J connectivity index is 2.20. The number of carbonyl (C=O) groups excluding carboxylic acids is 1. The van der Waals surface area contributed by atoms with Gasteiger partial charge < -0.3 is 10.5 Å². The molecule has 1 aromatic carbocycles. The van der Waals surface area contributed by atoms with Crippen molar-refractivity contribution in [3.8, 4) is 0 Å². The van der Waals surface area contributed by atoms with Gasteiger partial charge in [0.1, 0.15) is 6.04 Å². The summed E-state index contributed by atoms with van der Waals surface area (Å²) in [5.74, 6) is -0.301. The quantitative estimate of drug-likeness (QED) is 0.846. The zero-order chi connectivity index (χ0) is 12.3. The molecule has 2 atom stereocenters. The molecule has 1 aromatic rings. The molecular formula is C13H18N2O2. The van der Waals surface area contributed by atoms with Crippen LogP contribution in [0.2, 0.25) is 0 Å². The van der Waals surface area contributed by atoms with Gasteiger partial charge in [-0.1, -0.05) is 30.3 Å². The molecule has 92 valence electrons. The molecule has 2 rings (SSSR count). The van der Waals surface area contributed by atoms with Gasteiger partial charge in [-0.05, 0) is 12.5 Å². The summed E-state index contributed by atoms with van der Waals surface area (Å²) in [6.45, 7) is 4.14. The number of hydrogen-bond donors (Lipinski definition) is 1. The van der Waals surface area contributed by atoms with Crippen molar-refractivity contribution >= 4 is 5.91 Å². The highest BCUT2D eigenvalue weighted by Crippen LogP contribution is 2.22.